The van der Waals surface area contributed by atoms with E-state index >= 15 is 0 Å². The fourth-order valence-corrected chi connectivity index (χ4v) is 4.82. The number of ether oxygens (including phenoxy) is 2. The summed E-state index contributed by atoms with van der Waals surface area (Å²) < 4.78 is 77.9. The van der Waals surface area contributed by atoms with Crippen LogP contribution in [0.2, 0.25) is 0 Å². The number of benzene rings is 2. The van der Waals surface area contributed by atoms with Gasteiger partial charge in [-0.2, -0.15) is 21.6 Å². The first-order valence-corrected chi connectivity index (χ1v) is 12.3. The van der Waals surface area contributed by atoms with Gasteiger partial charge in [-0.05, 0) is 54.0 Å². The van der Waals surface area contributed by atoms with Crippen molar-refractivity contribution in [1.82, 2.24) is 4.90 Å². The lowest BCUT2D eigenvalue weighted by molar-refractivity contribution is -0.0510. The number of likely N-dealkylation sites (tertiary alicyclic amines) is 1. The van der Waals surface area contributed by atoms with Gasteiger partial charge in [0, 0.05) is 18.7 Å². The van der Waals surface area contributed by atoms with Crippen LogP contribution in [0, 0.1) is 5.41 Å². The van der Waals surface area contributed by atoms with Gasteiger partial charge in [0.2, 0.25) is 0 Å². The monoisotopic (exact) mass is 511 g/mol. The number of carbonyl (C=O) groups is 1. The van der Waals surface area contributed by atoms with Gasteiger partial charge in [0.05, 0.1) is 7.11 Å². The highest BCUT2D eigenvalue weighted by Gasteiger charge is 2.50. The summed E-state index contributed by atoms with van der Waals surface area (Å²) in [5, 5.41) is 0. The minimum absolute atomic E-state index is 0.129. The van der Waals surface area contributed by atoms with E-state index in [9.17, 15) is 26.4 Å². The van der Waals surface area contributed by atoms with Gasteiger partial charge in [0.25, 0.3) is 0 Å². The van der Waals surface area contributed by atoms with E-state index in [1.807, 2.05) is 30.3 Å². The molecule has 1 amide bonds. The van der Waals surface area contributed by atoms with Crippen LogP contribution in [0.15, 0.2) is 54.6 Å². The number of carbonyl (C=O) groups excluding carboxylic acids is 1. The van der Waals surface area contributed by atoms with Crippen LogP contribution in [0.4, 0.5) is 18.0 Å². The van der Waals surface area contributed by atoms with Crippen molar-refractivity contribution in [1.29, 1.82) is 0 Å². The zero-order chi connectivity index (χ0) is 25.3. The minimum Gasteiger partial charge on any atom is -0.497 e. The molecule has 2 aromatic rings. The molecule has 0 aromatic heterocycles. The van der Waals surface area contributed by atoms with Crippen molar-refractivity contribution in [2.75, 3.05) is 20.2 Å². The number of alkyl halides is 3. The van der Waals surface area contributed by atoms with Gasteiger partial charge in [-0.25, -0.2) is 4.79 Å². The molecule has 0 atom stereocenters. The topological polar surface area (TPSA) is 82.1 Å². The van der Waals surface area contributed by atoms with Crippen LogP contribution in [-0.2, 0) is 32.1 Å². The first kappa shape index (κ1) is 24.9. The van der Waals surface area contributed by atoms with Crippen LogP contribution >= 0.6 is 0 Å². The Morgan fingerprint density at radius 1 is 1.09 bits per heavy atom. The van der Waals surface area contributed by atoms with Crippen molar-refractivity contribution in [3.05, 3.63) is 71.3 Å². The van der Waals surface area contributed by atoms with E-state index in [2.05, 4.69) is 4.18 Å². The van der Waals surface area contributed by atoms with Crippen LogP contribution in [0.3, 0.4) is 0 Å². The zero-order valence-electron chi connectivity index (χ0n) is 18.9. The molecular formula is C24H24F3NO6S. The second-order valence-electron chi connectivity index (χ2n) is 8.58. The zero-order valence-corrected chi connectivity index (χ0v) is 19.7. The molecule has 0 N–H and O–H groups in total. The Hall–Kier alpha value is -3.21. The number of nitrogens with zero attached hydrogens (tertiary/aromatic N) is 1. The third kappa shape index (κ3) is 5.39. The van der Waals surface area contributed by atoms with Crippen LogP contribution < -0.4 is 4.74 Å². The smallest absolute Gasteiger partial charge is 0.497 e. The van der Waals surface area contributed by atoms with Crippen LogP contribution in [-0.4, -0.2) is 45.1 Å². The first-order chi connectivity index (χ1) is 16.5. The maximum atomic E-state index is 13.1. The average molecular weight is 512 g/mol. The highest BCUT2D eigenvalue weighted by molar-refractivity contribution is 7.87. The summed E-state index contributed by atoms with van der Waals surface area (Å²) in [6.45, 7) is 0.730. The summed E-state index contributed by atoms with van der Waals surface area (Å²) in [5.41, 5.74) is -4.52. The third-order valence-corrected chi connectivity index (χ3v) is 7.23. The number of amides is 1. The second kappa shape index (κ2) is 9.44. The number of fused-ring (bicyclic) bond motifs is 1. The minimum atomic E-state index is -5.87. The maximum Gasteiger partial charge on any atom is 0.534 e. The van der Waals surface area contributed by atoms with Gasteiger partial charge >= 0.3 is 21.7 Å². The predicted molar refractivity (Wildman–Crippen MR) is 121 cm³/mol. The quantitative estimate of drug-likeness (QED) is 0.421. The van der Waals surface area contributed by atoms with Crippen molar-refractivity contribution < 1.29 is 40.0 Å². The van der Waals surface area contributed by atoms with Crippen molar-refractivity contribution >= 4 is 22.0 Å². The molecule has 1 aliphatic carbocycles. The SMILES string of the molecule is COc1ccc2c(c1)C(OS(=O)(=O)C(F)(F)F)=CC1(CCN(C(=O)OCc3ccccc3)CC1)C2. The van der Waals surface area contributed by atoms with Crippen molar-refractivity contribution in [2.45, 2.75) is 31.4 Å². The summed E-state index contributed by atoms with van der Waals surface area (Å²) >= 11 is 0. The van der Waals surface area contributed by atoms with Crippen LogP contribution in [0.1, 0.15) is 29.5 Å². The molecule has 0 bridgehead atoms. The number of hydrogen-bond acceptors (Lipinski definition) is 6. The van der Waals surface area contributed by atoms with E-state index in [-0.39, 0.29) is 17.9 Å². The molecule has 1 spiro atoms. The Morgan fingerprint density at radius 2 is 1.77 bits per heavy atom. The molecule has 0 saturated carbocycles. The molecule has 7 nitrogen and oxygen atoms in total. The molecule has 2 aromatic carbocycles. The van der Waals surface area contributed by atoms with E-state index in [1.54, 1.807) is 17.0 Å². The maximum absolute atomic E-state index is 13.1. The molecule has 188 valence electrons. The van der Waals surface area contributed by atoms with Gasteiger partial charge in [-0.15, -0.1) is 0 Å². The third-order valence-electron chi connectivity index (χ3n) is 6.27. The summed E-state index contributed by atoms with van der Waals surface area (Å²) in [6.07, 6.45) is 2.23. The van der Waals surface area contributed by atoms with E-state index in [0.717, 1.165) is 5.56 Å². The lowest BCUT2D eigenvalue weighted by Gasteiger charge is -2.42. The molecule has 2 aliphatic rings. The summed E-state index contributed by atoms with van der Waals surface area (Å²) in [4.78, 5) is 14.1. The highest BCUT2D eigenvalue weighted by atomic mass is 32.2. The van der Waals surface area contributed by atoms with Gasteiger partial charge in [-0.3, -0.25) is 0 Å². The number of halogens is 3. The lowest BCUT2D eigenvalue weighted by Crippen LogP contribution is -2.44. The van der Waals surface area contributed by atoms with Crippen LogP contribution in [0.25, 0.3) is 5.76 Å². The van der Waals surface area contributed by atoms with Gasteiger partial charge in [0.1, 0.15) is 18.1 Å². The van der Waals surface area contributed by atoms with E-state index in [4.69, 9.17) is 9.47 Å². The Balaban J connectivity index is 1.53. The van der Waals surface area contributed by atoms with Crippen molar-refractivity contribution in [3.63, 3.8) is 0 Å². The molecule has 1 fully saturated rings. The molecule has 11 heteroatoms. The number of piperidine rings is 1. The van der Waals surface area contributed by atoms with Crippen molar-refractivity contribution in [3.8, 4) is 5.75 Å². The molecule has 1 saturated heterocycles. The van der Waals surface area contributed by atoms with Gasteiger partial charge < -0.3 is 18.6 Å². The molecule has 4 rings (SSSR count). The Morgan fingerprint density at radius 3 is 2.40 bits per heavy atom. The molecular weight excluding hydrogens is 487 g/mol. The van der Waals surface area contributed by atoms with Crippen LogP contribution in [0.5, 0.6) is 5.75 Å². The largest absolute Gasteiger partial charge is 0.534 e. The average Bonchev–Trinajstić information content (AvgIpc) is 2.82. The van der Waals surface area contributed by atoms with Gasteiger partial charge in [-0.1, -0.05) is 36.4 Å². The normalized spacial score (nSPS) is 17.4. The molecule has 0 radical (unpaired) electrons. The lowest BCUT2D eigenvalue weighted by atomic mass is 9.69. The molecule has 0 unspecified atom stereocenters. The molecule has 1 heterocycles. The Bertz CT molecular complexity index is 1220. The fraction of sp³-hybridized carbons (Fsp3) is 0.375. The molecule has 1 aliphatic heterocycles. The summed E-state index contributed by atoms with van der Waals surface area (Å²) in [7, 11) is -4.47. The highest BCUT2D eigenvalue weighted by Crippen LogP contribution is 2.46. The summed E-state index contributed by atoms with van der Waals surface area (Å²) in [5.74, 6) is -0.0304. The number of methoxy groups -OCH3 is 1. The Labute approximate surface area is 201 Å². The van der Waals surface area contributed by atoms with E-state index in [0.29, 0.717) is 43.7 Å². The summed E-state index contributed by atoms with van der Waals surface area (Å²) in [6, 6.07) is 14.0. The molecule has 35 heavy (non-hydrogen) atoms. The predicted octanol–water partition coefficient (Wildman–Crippen LogP) is 4.88. The van der Waals surface area contributed by atoms with E-state index in [1.165, 1.54) is 19.3 Å². The number of hydrogen-bond donors (Lipinski definition) is 0. The first-order valence-electron chi connectivity index (χ1n) is 10.9. The van der Waals surface area contributed by atoms with Crippen molar-refractivity contribution in [2.24, 2.45) is 5.41 Å². The Kier molecular flexibility index (Phi) is 6.72. The van der Waals surface area contributed by atoms with E-state index < -0.39 is 27.1 Å². The number of rotatable bonds is 5. The standard InChI is InChI=1S/C24H24F3NO6S/c1-32-19-8-7-18-14-23(15-21(20(18)13-19)34-35(30,31)24(25,26)27)9-11-28(12-10-23)22(29)33-16-17-5-3-2-4-6-17/h2-8,13,15H,9-12,14,16H2,1H3. The second-order valence-corrected chi connectivity index (χ2v) is 10.1. The number of allylic oxidation sites excluding steroid dienone is 1. The van der Waals surface area contributed by atoms with Gasteiger partial charge in [0.15, 0.2) is 0 Å². The fourth-order valence-electron chi connectivity index (χ4n) is 4.35.